The van der Waals surface area contributed by atoms with E-state index >= 15 is 0 Å². The summed E-state index contributed by atoms with van der Waals surface area (Å²) < 4.78 is 25.4. The van der Waals surface area contributed by atoms with Crippen molar-refractivity contribution < 1.29 is 8.42 Å². The molecule has 0 amide bonds. The standard InChI is InChI=1S/C8H15N3O2S2/c1-9-3-2-4-15(12,13)11-5-8-6-14-7-10-8/h6-7,9,11H,2-5H2,1H3. The van der Waals surface area contributed by atoms with Crippen molar-refractivity contribution >= 4 is 21.4 Å². The molecule has 0 fully saturated rings. The van der Waals surface area contributed by atoms with Crippen molar-refractivity contribution in [3.05, 3.63) is 16.6 Å². The third-order valence-corrected chi connectivity index (χ3v) is 3.84. The van der Waals surface area contributed by atoms with Crippen LogP contribution in [0.25, 0.3) is 0 Å². The van der Waals surface area contributed by atoms with Gasteiger partial charge in [0.2, 0.25) is 10.0 Å². The summed E-state index contributed by atoms with van der Waals surface area (Å²) in [4.78, 5) is 3.99. The van der Waals surface area contributed by atoms with Gasteiger partial charge in [-0.25, -0.2) is 18.1 Å². The molecule has 0 unspecified atom stereocenters. The Labute approximate surface area is 94.0 Å². The number of nitrogens with zero attached hydrogens (tertiary/aromatic N) is 1. The molecule has 0 aliphatic heterocycles. The van der Waals surface area contributed by atoms with Crippen LogP contribution in [0.4, 0.5) is 0 Å². The van der Waals surface area contributed by atoms with Crippen molar-refractivity contribution in [1.29, 1.82) is 0 Å². The van der Waals surface area contributed by atoms with E-state index in [1.54, 1.807) is 12.6 Å². The molecule has 0 radical (unpaired) electrons. The fraction of sp³-hybridized carbons (Fsp3) is 0.625. The van der Waals surface area contributed by atoms with Crippen molar-refractivity contribution in [1.82, 2.24) is 15.0 Å². The Hall–Kier alpha value is -0.500. The second-order valence-electron chi connectivity index (χ2n) is 3.08. The first-order valence-electron chi connectivity index (χ1n) is 4.63. The Morgan fingerprint density at radius 2 is 2.33 bits per heavy atom. The maximum absolute atomic E-state index is 11.4. The minimum absolute atomic E-state index is 0.151. The largest absolute Gasteiger partial charge is 0.320 e. The van der Waals surface area contributed by atoms with Crippen LogP contribution in [-0.2, 0) is 16.6 Å². The van der Waals surface area contributed by atoms with Gasteiger partial charge in [0.25, 0.3) is 0 Å². The maximum atomic E-state index is 11.4. The zero-order valence-corrected chi connectivity index (χ0v) is 10.2. The molecule has 5 nitrogen and oxygen atoms in total. The highest BCUT2D eigenvalue weighted by Crippen LogP contribution is 2.01. The molecule has 0 bridgehead atoms. The van der Waals surface area contributed by atoms with E-state index in [1.807, 2.05) is 5.38 Å². The molecule has 0 aliphatic rings. The summed E-state index contributed by atoms with van der Waals surface area (Å²) in [6, 6.07) is 0. The Morgan fingerprint density at radius 1 is 1.53 bits per heavy atom. The van der Waals surface area contributed by atoms with Gasteiger partial charge in [0.15, 0.2) is 0 Å². The third-order valence-electron chi connectivity index (χ3n) is 1.80. The van der Waals surface area contributed by atoms with E-state index in [2.05, 4.69) is 15.0 Å². The molecule has 15 heavy (non-hydrogen) atoms. The minimum Gasteiger partial charge on any atom is -0.320 e. The Kier molecular flexibility index (Phi) is 5.16. The number of rotatable bonds is 7. The molecule has 7 heteroatoms. The fourth-order valence-electron chi connectivity index (χ4n) is 1.02. The van der Waals surface area contributed by atoms with Crippen molar-refractivity contribution in [2.45, 2.75) is 13.0 Å². The molecule has 0 spiro atoms. The molecule has 1 aromatic heterocycles. The first-order chi connectivity index (χ1) is 7.14. The second-order valence-corrected chi connectivity index (χ2v) is 5.72. The van der Waals surface area contributed by atoms with Gasteiger partial charge < -0.3 is 5.32 Å². The lowest BCUT2D eigenvalue weighted by Crippen LogP contribution is -2.27. The average molecular weight is 249 g/mol. The van der Waals surface area contributed by atoms with Gasteiger partial charge in [0, 0.05) is 5.38 Å². The molecular formula is C8H15N3O2S2. The first-order valence-corrected chi connectivity index (χ1v) is 7.22. The van der Waals surface area contributed by atoms with Gasteiger partial charge in [0.1, 0.15) is 0 Å². The molecule has 1 heterocycles. The second kappa shape index (κ2) is 6.16. The quantitative estimate of drug-likeness (QED) is 0.676. The van der Waals surface area contributed by atoms with E-state index < -0.39 is 10.0 Å². The topological polar surface area (TPSA) is 71.1 Å². The van der Waals surface area contributed by atoms with Gasteiger partial charge >= 0.3 is 0 Å². The van der Waals surface area contributed by atoms with Crippen molar-refractivity contribution in [3.63, 3.8) is 0 Å². The zero-order valence-electron chi connectivity index (χ0n) is 8.56. The Balaban J connectivity index is 2.30. The van der Waals surface area contributed by atoms with E-state index in [0.29, 0.717) is 13.0 Å². The lowest BCUT2D eigenvalue weighted by molar-refractivity contribution is 0.576. The lowest BCUT2D eigenvalue weighted by atomic mass is 10.5. The van der Waals surface area contributed by atoms with E-state index in [4.69, 9.17) is 0 Å². The number of nitrogens with one attached hydrogen (secondary N) is 2. The van der Waals surface area contributed by atoms with Crippen LogP contribution in [-0.4, -0.2) is 32.7 Å². The summed E-state index contributed by atoms with van der Waals surface area (Å²) in [5, 5.41) is 4.74. The molecule has 1 rings (SSSR count). The van der Waals surface area contributed by atoms with Crippen molar-refractivity contribution in [3.8, 4) is 0 Å². The monoisotopic (exact) mass is 249 g/mol. The van der Waals surface area contributed by atoms with Gasteiger partial charge in [-0.2, -0.15) is 0 Å². The van der Waals surface area contributed by atoms with Crippen LogP contribution in [0, 0.1) is 0 Å². The van der Waals surface area contributed by atoms with Crippen molar-refractivity contribution in [2.75, 3.05) is 19.3 Å². The van der Waals surface area contributed by atoms with E-state index in [9.17, 15) is 8.42 Å². The number of hydrogen-bond donors (Lipinski definition) is 2. The number of sulfonamides is 1. The molecule has 0 aromatic carbocycles. The molecule has 0 atom stereocenters. The van der Waals surface area contributed by atoms with Crippen LogP contribution in [0.15, 0.2) is 10.9 Å². The van der Waals surface area contributed by atoms with Crippen LogP contribution in [0.5, 0.6) is 0 Å². The highest BCUT2D eigenvalue weighted by Gasteiger charge is 2.09. The number of hydrogen-bond acceptors (Lipinski definition) is 5. The summed E-state index contributed by atoms with van der Waals surface area (Å²) in [6.45, 7) is 0.989. The molecule has 2 N–H and O–H groups in total. The highest BCUT2D eigenvalue weighted by molar-refractivity contribution is 7.89. The molecule has 1 aromatic rings. The fourth-order valence-corrected chi connectivity index (χ4v) is 2.61. The minimum atomic E-state index is -3.16. The summed E-state index contributed by atoms with van der Waals surface area (Å²) in [5.41, 5.74) is 2.45. The van der Waals surface area contributed by atoms with Crippen LogP contribution < -0.4 is 10.0 Å². The average Bonchev–Trinajstić information content (AvgIpc) is 2.68. The summed E-state index contributed by atoms with van der Waals surface area (Å²) in [6.07, 6.45) is 0.614. The van der Waals surface area contributed by atoms with Gasteiger partial charge in [-0.15, -0.1) is 11.3 Å². The maximum Gasteiger partial charge on any atom is 0.211 e. The summed E-state index contributed by atoms with van der Waals surface area (Å²) >= 11 is 1.46. The smallest absolute Gasteiger partial charge is 0.211 e. The van der Waals surface area contributed by atoms with Crippen LogP contribution in [0.2, 0.25) is 0 Å². The third kappa shape index (κ3) is 5.22. The number of aromatic nitrogens is 1. The zero-order chi connectivity index (χ0) is 11.1. The highest BCUT2D eigenvalue weighted by atomic mass is 32.2. The summed E-state index contributed by atoms with van der Waals surface area (Å²) in [7, 11) is -1.35. The molecule has 0 saturated heterocycles. The molecule has 86 valence electrons. The predicted octanol–water partition coefficient (Wildman–Crippen LogP) is 0.172. The normalized spacial score (nSPS) is 11.8. The van der Waals surface area contributed by atoms with Crippen LogP contribution in [0.1, 0.15) is 12.1 Å². The van der Waals surface area contributed by atoms with Gasteiger partial charge in [-0.1, -0.05) is 0 Å². The lowest BCUT2D eigenvalue weighted by Gasteiger charge is -2.04. The van der Waals surface area contributed by atoms with Gasteiger partial charge in [-0.05, 0) is 20.0 Å². The van der Waals surface area contributed by atoms with E-state index in [0.717, 1.165) is 5.69 Å². The van der Waals surface area contributed by atoms with Gasteiger partial charge in [0.05, 0.1) is 23.5 Å². The van der Waals surface area contributed by atoms with E-state index in [-0.39, 0.29) is 12.3 Å². The molecule has 0 aliphatic carbocycles. The Morgan fingerprint density at radius 3 is 2.93 bits per heavy atom. The Bertz CT molecular complexity index is 361. The summed E-state index contributed by atoms with van der Waals surface area (Å²) in [5.74, 6) is 0.151. The van der Waals surface area contributed by atoms with Crippen LogP contribution >= 0.6 is 11.3 Å². The predicted molar refractivity (Wildman–Crippen MR) is 61.3 cm³/mol. The SMILES string of the molecule is CNCCCS(=O)(=O)NCc1cscn1. The first kappa shape index (κ1) is 12.6. The number of thiazole rings is 1. The van der Waals surface area contributed by atoms with Crippen LogP contribution in [0.3, 0.4) is 0 Å². The van der Waals surface area contributed by atoms with Crippen molar-refractivity contribution in [2.24, 2.45) is 0 Å². The molecular weight excluding hydrogens is 234 g/mol. The van der Waals surface area contributed by atoms with Gasteiger partial charge in [-0.3, -0.25) is 0 Å². The molecule has 0 saturated carbocycles. The van der Waals surface area contributed by atoms with E-state index in [1.165, 1.54) is 11.3 Å².